The van der Waals surface area contributed by atoms with E-state index in [9.17, 15) is 4.39 Å². The van der Waals surface area contributed by atoms with Crippen molar-refractivity contribution >= 4 is 17.0 Å². The van der Waals surface area contributed by atoms with Crippen LogP contribution in [-0.2, 0) is 6.54 Å². The molecule has 0 aliphatic carbocycles. The van der Waals surface area contributed by atoms with Crippen molar-refractivity contribution in [1.29, 1.82) is 0 Å². The van der Waals surface area contributed by atoms with Gasteiger partial charge >= 0.3 is 0 Å². The maximum Gasteiger partial charge on any atom is 0.130 e. The van der Waals surface area contributed by atoms with Gasteiger partial charge in [-0.15, -0.1) is 11.3 Å². The van der Waals surface area contributed by atoms with Gasteiger partial charge in [-0.1, -0.05) is 12.1 Å². The van der Waals surface area contributed by atoms with Crippen molar-refractivity contribution < 1.29 is 4.39 Å². The lowest BCUT2D eigenvalue weighted by molar-refractivity contribution is 0.586. The lowest BCUT2D eigenvalue weighted by atomic mass is 10.0. The Morgan fingerprint density at radius 3 is 2.50 bits per heavy atom. The zero-order chi connectivity index (χ0) is 14.7. The van der Waals surface area contributed by atoms with E-state index >= 15 is 0 Å². The molecule has 2 nitrogen and oxygen atoms in total. The maximum atomic E-state index is 14.1. The standard InChI is InChI=1S/C16H21FN2S/c1-11(2)19(10-13-6-5-9-20-13)15-8-4-7-14(17)16(15)12(3)18/h4-9,11-12H,10,18H2,1-3H3. The quantitative estimate of drug-likeness (QED) is 0.889. The van der Waals surface area contributed by atoms with Crippen molar-refractivity contribution in [1.82, 2.24) is 0 Å². The van der Waals surface area contributed by atoms with Gasteiger partial charge < -0.3 is 10.6 Å². The first-order valence-electron chi connectivity index (χ1n) is 6.83. The second-order valence-corrected chi connectivity index (χ2v) is 6.29. The summed E-state index contributed by atoms with van der Waals surface area (Å²) in [6, 6.07) is 9.27. The van der Waals surface area contributed by atoms with E-state index in [0.29, 0.717) is 5.56 Å². The molecule has 1 aromatic heterocycles. The molecular formula is C16H21FN2S. The van der Waals surface area contributed by atoms with Crippen molar-refractivity contribution in [2.24, 2.45) is 5.73 Å². The first-order chi connectivity index (χ1) is 9.50. The first kappa shape index (κ1) is 15.0. The van der Waals surface area contributed by atoms with Crippen LogP contribution < -0.4 is 10.6 Å². The molecule has 0 aliphatic rings. The lowest BCUT2D eigenvalue weighted by Crippen LogP contribution is -2.31. The molecule has 0 aliphatic heterocycles. The van der Waals surface area contributed by atoms with Gasteiger partial charge in [0.25, 0.3) is 0 Å². The van der Waals surface area contributed by atoms with Crippen molar-refractivity contribution in [3.05, 3.63) is 52.0 Å². The highest BCUT2D eigenvalue weighted by Crippen LogP contribution is 2.31. The predicted octanol–water partition coefficient (Wildman–Crippen LogP) is 4.32. The summed E-state index contributed by atoms with van der Waals surface area (Å²) in [5, 5.41) is 2.06. The summed E-state index contributed by atoms with van der Waals surface area (Å²) in [7, 11) is 0. The number of hydrogen-bond donors (Lipinski definition) is 1. The third-order valence-electron chi connectivity index (χ3n) is 3.32. The summed E-state index contributed by atoms with van der Waals surface area (Å²) >= 11 is 1.72. The molecule has 2 rings (SSSR count). The Labute approximate surface area is 124 Å². The molecule has 4 heteroatoms. The Kier molecular flexibility index (Phi) is 4.78. The number of thiophene rings is 1. The molecular weight excluding hydrogens is 271 g/mol. The number of anilines is 1. The average molecular weight is 292 g/mol. The van der Waals surface area contributed by atoms with E-state index in [0.717, 1.165) is 12.2 Å². The van der Waals surface area contributed by atoms with Gasteiger partial charge in [-0.25, -0.2) is 4.39 Å². The molecule has 0 saturated heterocycles. The molecule has 1 atom stereocenters. The number of benzene rings is 1. The molecule has 0 fully saturated rings. The number of nitrogens with zero attached hydrogens (tertiary/aromatic N) is 1. The maximum absolute atomic E-state index is 14.1. The molecule has 0 radical (unpaired) electrons. The molecule has 20 heavy (non-hydrogen) atoms. The highest BCUT2D eigenvalue weighted by Gasteiger charge is 2.20. The number of rotatable bonds is 5. The normalized spacial score (nSPS) is 12.7. The molecule has 2 aromatic rings. The number of nitrogens with two attached hydrogens (primary N) is 1. The second-order valence-electron chi connectivity index (χ2n) is 5.26. The van der Waals surface area contributed by atoms with Gasteiger partial charge in [0, 0.05) is 28.2 Å². The van der Waals surface area contributed by atoms with E-state index in [1.807, 2.05) is 19.1 Å². The van der Waals surface area contributed by atoms with Crippen LogP contribution in [-0.4, -0.2) is 6.04 Å². The second kappa shape index (κ2) is 6.37. The van der Waals surface area contributed by atoms with Crippen LogP contribution in [0.3, 0.4) is 0 Å². The van der Waals surface area contributed by atoms with Gasteiger partial charge in [0.2, 0.25) is 0 Å². The first-order valence-corrected chi connectivity index (χ1v) is 7.71. The third-order valence-corrected chi connectivity index (χ3v) is 4.19. The molecule has 0 amide bonds. The van der Waals surface area contributed by atoms with Gasteiger partial charge in [-0.05, 0) is 44.4 Å². The van der Waals surface area contributed by atoms with Crippen LogP contribution in [0.1, 0.15) is 37.3 Å². The monoisotopic (exact) mass is 292 g/mol. The van der Waals surface area contributed by atoms with Gasteiger partial charge in [-0.3, -0.25) is 0 Å². The fourth-order valence-corrected chi connectivity index (χ4v) is 3.05. The molecule has 0 spiro atoms. The minimum Gasteiger partial charge on any atom is -0.364 e. The Morgan fingerprint density at radius 1 is 1.20 bits per heavy atom. The Bertz CT molecular complexity index is 550. The fraction of sp³-hybridized carbons (Fsp3) is 0.375. The number of hydrogen-bond acceptors (Lipinski definition) is 3. The summed E-state index contributed by atoms with van der Waals surface area (Å²) in [6.07, 6.45) is 0. The van der Waals surface area contributed by atoms with E-state index in [2.05, 4.69) is 30.2 Å². The summed E-state index contributed by atoms with van der Waals surface area (Å²) in [4.78, 5) is 3.46. The summed E-state index contributed by atoms with van der Waals surface area (Å²) in [6.45, 7) is 6.83. The van der Waals surface area contributed by atoms with Crippen LogP contribution in [0.15, 0.2) is 35.7 Å². The van der Waals surface area contributed by atoms with Gasteiger partial charge in [0.05, 0.1) is 6.54 Å². The van der Waals surface area contributed by atoms with Gasteiger partial charge in [0.15, 0.2) is 0 Å². The van der Waals surface area contributed by atoms with Crippen LogP contribution in [0.5, 0.6) is 0 Å². The van der Waals surface area contributed by atoms with E-state index in [1.165, 1.54) is 10.9 Å². The molecule has 0 bridgehead atoms. The zero-order valence-electron chi connectivity index (χ0n) is 12.1. The Hall–Kier alpha value is -1.39. The molecule has 0 saturated carbocycles. The third kappa shape index (κ3) is 3.19. The van der Waals surface area contributed by atoms with Crippen LogP contribution in [0.25, 0.3) is 0 Å². The van der Waals surface area contributed by atoms with Crippen molar-refractivity contribution in [3.8, 4) is 0 Å². The summed E-state index contributed by atoms with van der Waals surface area (Å²) in [5.74, 6) is -0.227. The van der Waals surface area contributed by atoms with E-state index in [4.69, 9.17) is 5.73 Å². The fourth-order valence-electron chi connectivity index (χ4n) is 2.34. The summed E-state index contributed by atoms with van der Waals surface area (Å²) in [5.41, 5.74) is 7.45. The molecule has 108 valence electrons. The smallest absolute Gasteiger partial charge is 0.130 e. The minimum atomic E-state index is -0.323. The van der Waals surface area contributed by atoms with Gasteiger partial charge in [0.1, 0.15) is 5.82 Å². The van der Waals surface area contributed by atoms with Crippen LogP contribution >= 0.6 is 11.3 Å². The average Bonchev–Trinajstić information content (AvgIpc) is 2.87. The molecule has 1 heterocycles. The number of halogens is 1. The lowest BCUT2D eigenvalue weighted by Gasteiger charge is -2.31. The zero-order valence-corrected chi connectivity index (χ0v) is 13.0. The largest absolute Gasteiger partial charge is 0.364 e. The molecule has 1 aromatic carbocycles. The van der Waals surface area contributed by atoms with E-state index in [-0.39, 0.29) is 17.9 Å². The van der Waals surface area contributed by atoms with Crippen LogP contribution in [0.4, 0.5) is 10.1 Å². The van der Waals surface area contributed by atoms with Crippen molar-refractivity contribution in [3.63, 3.8) is 0 Å². The van der Waals surface area contributed by atoms with E-state index in [1.54, 1.807) is 17.4 Å². The SMILES string of the molecule is CC(N)c1c(F)cccc1N(Cc1cccs1)C(C)C. The summed E-state index contributed by atoms with van der Waals surface area (Å²) < 4.78 is 14.1. The minimum absolute atomic E-state index is 0.227. The van der Waals surface area contributed by atoms with Crippen LogP contribution in [0.2, 0.25) is 0 Å². The molecule has 2 N–H and O–H groups in total. The highest BCUT2D eigenvalue weighted by atomic mass is 32.1. The van der Waals surface area contributed by atoms with Gasteiger partial charge in [-0.2, -0.15) is 0 Å². The highest BCUT2D eigenvalue weighted by molar-refractivity contribution is 7.09. The Morgan fingerprint density at radius 2 is 1.95 bits per heavy atom. The van der Waals surface area contributed by atoms with Crippen molar-refractivity contribution in [2.45, 2.75) is 39.4 Å². The predicted molar refractivity (Wildman–Crippen MR) is 84.6 cm³/mol. The van der Waals surface area contributed by atoms with Crippen molar-refractivity contribution in [2.75, 3.05) is 4.90 Å². The van der Waals surface area contributed by atoms with Crippen LogP contribution in [0, 0.1) is 5.82 Å². The van der Waals surface area contributed by atoms with E-state index < -0.39 is 0 Å². The topological polar surface area (TPSA) is 29.3 Å². The molecule has 1 unspecified atom stereocenters. The Balaban J connectivity index is 2.42.